The molecule has 0 fully saturated rings. The summed E-state index contributed by atoms with van der Waals surface area (Å²) < 4.78 is 38.7. The van der Waals surface area contributed by atoms with E-state index < -0.39 is 23.7 Å². The van der Waals surface area contributed by atoms with E-state index in [-0.39, 0.29) is 22.2 Å². The Kier molecular flexibility index (Phi) is 8.20. The summed E-state index contributed by atoms with van der Waals surface area (Å²) in [6, 6.07) is 8.13. The lowest BCUT2D eigenvalue weighted by molar-refractivity contribution is -0.0922. The van der Waals surface area contributed by atoms with Gasteiger partial charge in [0, 0.05) is 24.9 Å². The molecule has 0 aliphatic carbocycles. The van der Waals surface area contributed by atoms with Gasteiger partial charge in [-0.2, -0.15) is 13.2 Å². The van der Waals surface area contributed by atoms with Crippen LogP contribution in [0.25, 0.3) is 0 Å². The van der Waals surface area contributed by atoms with Crippen LogP contribution in [0.15, 0.2) is 71.1 Å². The van der Waals surface area contributed by atoms with E-state index >= 15 is 0 Å². The van der Waals surface area contributed by atoms with Gasteiger partial charge in [-0.15, -0.1) is 0 Å². The fourth-order valence-corrected chi connectivity index (χ4v) is 3.06. The molecule has 158 valence electrons. The van der Waals surface area contributed by atoms with Crippen molar-refractivity contribution < 1.29 is 18.0 Å². The first-order valence-electron chi connectivity index (χ1n) is 8.69. The molecule has 0 spiro atoms. The third-order valence-corrected chi connectivity index (χ3v) is 5.10. The standard InChI is InChI=1S/C21H18Cl2F3N3O/c1-13(6-7-18(27-2)21(24,25)26)16(14-8-10-28-11-9-14)12-29-20(30)15-4-3-5-17(22)19(15)23/h3-11,16H,2,12H2,1H3,(H,29,30)/b13-6+,18-7-. The molecule has 2 rings (SSSR count). The monoisotopic (exact) mass is 455 g/mol. The topological polar surface area (TPSA) is 54.4 Å². The van der Waals surface area contributed by atoms with Gasteiger partial charge >= 0.3 is 6.18 Å². The number of carbonyl (C=O) groups excluding carboxylic acids is 1. The second kappa shape index (κ2) is 10.4. The van der Waals surface area contributed by atoms with E-state index in [0.29, 0.717) is 5.57 Å². The average Bonchev–Trinajstić information content (AvgIpc) is 2.70. The van der Waals surface area contributed by atoms with E-state index in [1.165, 1.54) is 12.1 Å². The molecular formula is C21H18Cl2F3N3O. The van der Waals surface area contributed by atoms with Crippen LogP contribution in [0.1, 0.15) is 28.8 Å². The highest BCUT2D eigenvalue weighted by Gasteiger charge is 2.32. The second-order valence-electron chi connectivity index (χ2n) is 6.26. The van der Waals surface area contributed by atoms with Crippen LogP contribution in [0.3, 0.4) is 0 Å². The molecule has 1 aromatic carbocycles. The quantitative estimate of drug-likeness (QED) is 0.411. The van der Waals surface area contributed by atoms with Crippen molar-refractivity contribution >= 4 is 35.8 Å². The lowest BCUT2D eigenvalue weighted by Crippen LogP contribution is -2.29. The van der Waals surface area contributed by atoms with Crippen LogP contribution in [0.2, 0.25) is 10.0 Å². The van der Waals surface area contributed by atoms with Gasteiger partial charge in [-0.3, -0.25) is 14.8 Å². The number of halogens is 5. The molecule has 1 heterocycles. The number of hydrogen-bond acceptors (Lipinski definition) is 3. The number of hydrogen-bond donors (Lipinski definition) is 1. The van der Waals surface area contributed by atoms with Crippen molar-refractivity contribution in [3.05, 3.63) is 87.3 Å². The number of pyridine rings is 1. The number of aromatic nitrogens is 1. The van der Waals surface area contributed by atoms with E-state index in [1.54, 1.807) is 43.6 Å². The van der Waals surface area contributed by atoms with Crippen molar-refractivity contribution in [3.8, 4) is 0 Å². The highest BCUT2D eigenvalue weighted by molar-refractivity contribution is 6.43. The minimum atomic E-state index is -4.61. The molecule has 9 heteroatoms. The van der Waals surface area contributed by atoms with Crippen LogP contribution in [0.4, 0.5) is 13.2 Å². The number of nitrogens with zero attached hydrogens (tertiary/aromatic N) is 2. The Morgan fingerprint density at radius 1 is 1.23 bits per heavy atom. The van der Waals surface area contributed by atoms with Gasteiger partial charge in [0.25, 0.3) is 5.91 Å². The molecule has 1 atom stereocenters. The summed E-state index contributed by atoms with van der Waals surface area (Å²) in [5.74, 6) is -0.862. The van der Waals surface area contributed by atoms with E-state index in [0.717, 1.165) is 11.6 Å². The fraction of sp³-hybridized carbons (Fsp3) is 0.190. The highest BCUT2D eigenvalue weighted by atomic mass is 35.5. The fourth-order valence-electron chi connectivity index (χ4n) is 2.67. The highest BCUT2D eigenvalue weighted by Crippen LogP contribution is 2.29. The third kappa shape index (κ3) is 6.18. The van der Waals surface area contributed by atoms with Crippen molar-refractivity contribution in [1.82, 2.24) is 10.3 Å². The van der Waals surface area contributed by atoms with Gasteiger partial charge in [0.05, 0.1) is 15.6 Å². The Hall–Kier alpha value is -2.64. The minimum absolute atomic E-state index is 0.116. The van der Waals surface area contributed by atoms with Crippen molar-refractivity contribution in [2.75, 3.05) is 6.54 Å². The summed E-state index contributed by atoms with van der Waals surface area (Å²) in [7, 11) is 0. The third-order valence-electron chi connectivity index (χ3n) is 4.29. The lowest BCUT2D eigenvalue weighted by Gasteiger charge is -2.19. The molecule has 4 nitrogen and oxygen atoms in total. The van der Waals surface area contributed by atoms with E-state index in [2.05, 4.69) is 22.0 Å². The Morgan fingerprint density at radius 2 is 1.90 bits per heavy atom. The van der Waals surface area contributed by atoms with Crippen molar-refractivity contribution in [2.45, 2.75) is 19.0 Å². The molecular weight excluding hydrogens is 438 g/mol. The molecule has 0 bridgehead atoms. The van der Waals surface area contributed by atoms with Crippen LogP contribution in [-0.4, -0.2) is 30.3 Å². The molecule has 2 aromatic rings. The van der Waals surface area contributed by atoms with Crippen LogP contribution in [0, 0.1) is 0 Å². The molecule has 1 amide bonds. The normalized spacial score (nSPS) is 13.7. The average molecular weight is 456 g/mol. The molecule has 1 unspecified atom stereocenters. The molecule has 0 saturated carbocycles. The largest absolute Gasteiger partial charge is 0.433 e. The summed E-state index contributed by atoms with van der Waals surface area (Å²) in [6.07, 6.45) is 0.677. The zero-order valence-corrected chi connectivity index (χ0v) is 17.4. The van der Waals surface area contributed by atoms with Crippen LogP contribution < -0.4 is 5.32 Å². The summed E-state index contributed by atoms with van der Waals surface area (Å²) in [5.41, 5.74) is 0.438. The molecule has 0 aliphatic heterocycles. The predicted molar refractivity (Wildman–Crippen MR) is 113 cm³/mol. The first kappa shape index (κ1) is 23.6. The zero-order chi connectivity index (χ0) is 22.3. The zero-order valence-electron chi connectivity index (χ0n) is 15.9. The second-order valence-corrected chi connectivity index (χ2v) is 7.05. The number of benzene rings is 1. The van der Waals surface area contributed by atoms with Gasteiger partial charge in [-0.05, 0) is 49.5 Å². The molecule has 1 N–H and O–H groups in total. The first-order valence-corrected chi connectivity index (χ1v) is 9.45. The van der Waals surface area contributed by atoms with Crippen molar-refractivity contribution in [3.63, 3.8) is 0 Å². The van der Waals surface area contributed by atoms with Crippen molar-refractivity contribution in [2.24, 2.45) is 4.99 Å². The number of rotatable bonds is 7. The van der Waals surface area contributed by atoms with Crippen LogP contribution in [0.5, 0.6) is 0 Å². The van der Waals surface area contributed by atoms with Gasteiger partial charge in [0.2, 0.25) is 0 Å². The Labute approximate surface area is 182 Å². The van der Waals surface area contributed by atoms with Gasteiger partial charge < -0.3 is 5.32 Å². The number of carbonyl (C=O) groups is 1. The number of allylic oxidation sites excluding steroid dienone is 3. The first-order chi connectivity index (χ1) is 14.1. The SMILES string of the molecule is C=N/C(=C\C=C(/C)C(CNC(=O)c1cccc(Cl)c1Cl)c1ccncc1)C(F)(F)F. The van der Waals surface area contributed by atoms with Gasteiger partial charge in [-0.25, -0.2) is 0 Å². The molecule has 1 aromatic heterocycles. The maximum atomic E-state index is 12.9. The van der Waals surface area contributed by atoms with E-state index in [9.17, 15) is 18.0 Å². The smallest absolute Gasteiger partial charge is 0.351 e. The molecule has 0 aliphatic rings. The summed E-state index contributed by atoms with van der Waals surface area (Å²) in [4.78, 5) is 19.5. The van der Waals surface area contributed by atoms with Crippen molar-refractivity contribution in [1.29, 1.82) is 0 Å². The Bertz CT molecular complexity index is 973. The van der Waals surface area contributed by atoms with Gasteiger partial charge in [0.1, 0.15) is 5.70 Å². The molecule has 30 heavy (non-hydrogen) atoms. The summed E-state index contributed by atoms with van der Waals surface area (Å²) in [5, 5.41) is 3.12. The number of aliphatic imine (C=N–C) groups is 1. The van der Waals surface area contributed by atoms with Crippen LogP contribution >= 0.6 is 23.2 Å². The molecule has 0 saturated heterocycles. The summed E-state index contributed by atoms with van der Waals surface area (Å²) >= 11 is 12.0. The van der Waals surface area contributed by atoms with E-state index in [4.69, 9.17) is 23.2 Å². The Balaban J connectivity index is 2.29. The van der Waals surface area contributed by atoms with E-state index in [1.807, 2.05) is 0 Å². The van der Waals surface area contributed by atoms with Crippen LogP contribution in [-0.2, 0) is 0 Å². The predicted octanol–water partition coefficient (Wildman–Crippen LogP) is 6.00. The maximum absolute atomic E-state index is 12.9. The number of nitrogens with one attached hydrogen (secondary N) is 1. The maximum Gasteiger partial charge on any atom is 0.433 e. The summed E-state index contributed by atoms with van der Waals surface area (Å²) in [6.45, 7) is 4.74. The Morgan fingerprint density at radius 3 is 2.50 bits per heavy atom. The van der Waals surface area contributed by atoms with Gasteiger partial charge in [-0.1, -0.05) is 40.9 Å². The number of amides is 1. The minimum Gasteiger partial charge on any atom is -0.351 e. The lowest BCUT2D eigenvalue weighted by atomic mass is 9.92. The number of alkyl halides is 3. The van der Waals surface area contributed by atoms with Gasteiger partial charge in [0.15, 0.2) is 0 Å². The molecule has 0 radical (unpaired) electrons.